The number of ether oxygens (including phenoxy) is 1. The third-order valence-corrected chi connectivity index (χ3v) is 2.55. The van der Waals surface area contributed by atoms with Crippen molar-refractivity contribution in [2.24, 2.45) is 5.41 Å². The van der Waals surface area contributed by atoms with Crippen LogP contribution >= 0.6 is 0 Å². The summed E-state index contributed by atoms with van der Waals surface area (Å²) < 4.78 is 18.1. The highest BCUT2D eigenvalue weighted by Gasteiger charge is 2.22. The van der Waals surface area contributed by atoms with Crippen molar-refractivity contribution in [2.75, 3.05) is 13.7 Å². The number of ketones is 1. The van der Waals surface area contributed by atoms with E-state index in [1.54, 1.807) is 20.8 Å². The van der Waals surface area contributed by atoms with E-state index in [1.807, 2.05) is 0 Å². The topological polar surface area (TPSA) is 55.4 Å². The van der Waals surface area contributed by atoms with E-state index in [2.05, 4.69) is 5.32 Å². The third-order valence-electron chi connectivity index (χ3n) is 2.55. The Morgan fingerprint density at radius 2 is 1.95 bits per heavy atom. The highest BCUT2D eigenvalue weighted by atomic mass is 19.1. The van der Waals surface area contributed by atoms with Gasteiger partial charge in [-0.1, -0.05) is 20.8 Å². The van der Waals surface area contributed by atoms with Gasteiger partial charge in [0.15, 0.2) is 5.78 Å². The molecule has 1 amide bonds. The van der Waals surface area contributed by atoms with Crippen LogP contribution in [0.5, 0.6) is 5.75 Å². The molecule has 0 heterocycles. The Morgan fingerprint density at radius 3 is 2.47 bits per heavy atom. The van der Waals surface area contributed by atoms with Gasteiger partial charge in [-0.3, -0.25) is 9.59 Å². The van der Waals surface area contributed by atoms with Crippen LogP contribution in [0.1, 0.15) is 31.1 Å². The van der Waals surface area contributed by atoms with E-state index in [4.69, 9.17) is 4.74 Å². The van der Waals surface area contributed by atoms with E-state index in [9.17, 15) is 14.0 Å². The zero-order valence-electron chi connectivity index (χ0n) is 11.5. The first-order valence-electron chi connectivity index (χ1n) is 5.90. The standard InChI is InChI=1S/C14H18FNO3/c1-14(2,3)13(18)16-8-11(17)10-7-9(15)5-6-12(10)19-4/h5-7H,8H2,1-4H3,(H,16,18). The van der Waals surface area contributed by atoms with Crippen LogP contribution in [0.2, 0.25) is 0 Å². The Kier molecular flexibility index (Phi) is 4.64. The second-order valence-electron chi connectivity index (χ2n) is 5.20. The number of carbonyl (C=O) groups excluding carboxylic acids is 2. The quantitative estimate of drug-likeness (QED) is 0.851. The number of halogens is 1. The number of amides is 1. The molecule has 0 aliphatic rings. The van der Waals surface area contributed by atoms with E-state index >= 15 is 0 Å². The lowest BCUT2D eigenvalue weighted by atomic mass is 9.95. The van der Waals surface area contributed by atoms with Crippen LogP contribution in [0.3, 0.4) is 0 Å². The molecule has 1 rings (SSSR count). The van der Waals surface area contributed by atoms with Crippen molar-refractivity contribution in [3.05, 3.63) is 29.6 Å². The van der Waals surface area contributed by atoms with Gasteiger partial charge in [0.1, 0.15) is 11.6 Å². The molecule has 0 aliphatic heterocycles. The van der Waals surface area contributed by atoms with Gasteiger partial charge in [0.25, 0.3) is 0 Å². The van der Waals surface area contributed by atoms with E-state index in [1.165, 1.54) is 19.2 Å². The molecule has 1 aromatic carbocycles. The molecule has 0 spiro atoms. The van der Waals surface area contributed by atoms with Gasteiger partial charge >= 0.3 is 0 Å². The summed E-state index contributed by atoms with van der Waals surface area (Å²) in [5.41, 5.74) is -0.455. The van der Waals surface area contributed by atoms with Crippen molar-refractivity contribution in [3.63, 3.8) is 0 Å². The maximum Gasteiger partial charge on any atom is 0.225 e. The Morgan fingerprint density at radius 1 is 1.32 bits per heavy atom. The summed E-state index contributed by atoms with van der Waals surface area (Å²) in [6, 6.07) is 3.70. The molecule has 0 aliphatic carbocycles. The summed E-state index contributed by atoms with van der Waals surface area (Å²) in [7, 11) is 1.40. The monoisotopic (exact) mass is 267 g/mol. The number of rotatable bonds is 4. The summed E-state index contributed by atoms with van der Waals surface area (Å²) >= 11 is 0. The minimum atomic E-state index is -0.577. The molecule has 0 saturated carbocycles. The minimum absolute atomic E-state index is 0.122. The zero-order valence-corrected chi connectivity index (χ0v) is 11.5. The number of benzene rings is 1. The number of Topliss-reactive ketones (excluding diaryl/α,β-unsaturated/α-hetero) is 1. The summed E-state index contributed by atoms with van der Waals surface area (Å²) in [5, 5.41) is 2.53. The van der Waals surface area contributed by atoms with Crippen LogP contribution in [-0.2, 0) is 4.79 Å². The molecule has 104 valence electrons. The summed E-state index contributed by atoms with van der Waals surface area (Å²) in [4.78, 5) is 23.6. The molecule has 0 radical (unpaired) electrons. The van der Waals surface area contributed by atoms with Crippen molar-refractivity contribution in [1.82, 2.24) is 5.32 Å². The Hall–Kier alpha value is -1.91. The van der Waals surface area contributed by atoms with Gasteiger partial charge in [-0.05, 0) is 18.2 Å². The van der Waals surface area contributed by atoms with Gasteiger partial charge in [-0.15, -0.1) is 0 Å². The second-order valence-corrected chi connectivity index (χ2v) is 5.20. The normalized spacial score (nSPS) is 11.0. The van der Waals surface area contributed by atoms with Gasteiger partial charge in [0, 0.05) is 5.41 Å². The molecule has 0 atom stereocenters. The molecule has 0 bridgehead atoms. The van der Waals surface area contributed by atoms with Crippen molar-refractivity contribution in [3.8, 4) is 5.75 Å². The van der Waals surface area contributed by atoms with Gasteiger partial charge in [0.2, 0.25) is 5.91 Å². The minimum Gasteiger partial charge on any atom is -0.496 e. The lowest BCUT2D eigenvalue weighted by Crippen LogP contribution is -2.38. The smallest absolute Gasteiger partial charge is 0.225 e. The highest BCUT2D eigenvalue weighted by molar-refractivity contribution is 6.01. The molecule has 0 saturated heterocycles. The SMILES string of the molecule is COc1ccc(F)cc1C(=O)CNC(=O)C(C)(C)C. The summed E-state index contributed by atoms with van der Waals surface area (Å²) in [6.45, 7) is 5.05. The molecule has 0 fully saturated rings. The number of hydrogen-bond acceptors (Lipinski definition) is 3. The molecular formula is C14H18FNO3. The first kappa shape index (κ1) is 15.1. The van der Waals surface area contributed by atoms with Gasteiger partial charge in [-0.2, -0.15) is 0 Å². The average molecular weight is 267 g/mol. The fourth-order valence-electron chi connectivity index (χ4n) is 1.42. The fraction of sp³-hybridized carbons (Fsp3) is 0.429. The van der Waals surface area contributed by atoms with Crippen LogP contribution in [0.25, 0.3) is 0 Å². The predicted octanol–water partition coefficient (Wildman–Crippen LogP) is 2.18. The molecule has 4 nitrogen and oxygen atoms in total. The molecule has 0 unspecified atom stereocenters. The van der Waals surface area contributed by atoms with Crippen molar-refractivity contribution in [1.29, 1.82) is 0 Å². The molecular weight excluding hydrogens is 249 g/mol. The molecule has 1 aromatic rings. The third kappa shape index (κ3) is 4.05. The average Bonchev–Trinajstić information content (AvgIpc) is 2.34. The van der Waals surface area contributed by atoms with Crippen molar-refractivity contribution >= 4 is 11.7 Å². The van der Waals surface area contributed by atoms with Gasteiger partial charge < -0.3 is 10.1 Å². The van der Waals surface area contributed by atoms with Crippen molar-refractivity contribution in [2.45, 2.75) is 20.8 Å². The maximum absolute atomic E-state index is 13.1. The highest BCUT2D eigenvalue weighted by Crippen LogP contribution is 2.20. The molecule has 5 heteroatoms. The Labute approximate surface area is 112 Å². The summed E-state index contributed by atoms with van der Waals surface area (Å²) in [5.74, 6) is -0.868. The summed E-state index contributed by atoms with van der Waals surface area (Å²) in [6.07, 6.45) is 0. The fourth-order valence-corrected chi connectivity index (χ4v) is 1.42. The molecule has 1 N–H and O–H groups in total. The van der Waals surface area contributed by atoms with E-state index in [0.717, 1.165) is 6.07 Å². The molecule has 0 aromatic heterocycles. The number of hydrogen-bond donors (Lipinski definition) is 1. The lowest BCUT2D eigenvalue weighted by Gasteiger charge is -2.17. The van der Waals surface area contributed by atoms with E-state index in [0.29, 0.717) is 0 Å². The zero-order chi connectivity index (χ0) is 14.6. The molecule has 19 heavy (non-hydrogen) atoms. The van der Waals surface area contributed by atoms with Crippen LogP contribution in [-0.4, -0.2) is 25.3 Å². The van der Waals surface area contributed by atoms with Gasteiger partial charge in [0.05, 0.1) is 19.2 Å². The number of nitrogens with one attached hydrogen (secondary N) is 1. The van der Waals surface area contributed by atoms with Crippen LogP contribution < -0.4 is 10.1 Å². The van der Waals surface area contributed by atoms with E-state index < -0.39 is 17.0 Å². The first-order chi connectivity index (χ1) is 8.75. The van der Waals surface area contributed by atoms with Crippen LogP contribution in [0.4, 0.5) is 4.39 Å². The Bertz CT molecular complexity index is 492. The lowest BCUT2D eigenvalue weighted by molar-refractivity contribution is -0.128. The second kappa shape index (κ2) is 5.82. The first-order valence-corrected chi connectivity index (χ1v) is 5.90. The number of methoxy groups -OCH3 is 1. The van der Waals surface area contributed by atoms with E-state index in [-0.39, 0.29) is 23.8 Å². The maximum atomic E-state index is 13.1. The van der Waals surface area contributed by atoms with Gasteiger partial charge in [-0.25, -0.2) is 4.39 Å². The predicted molar refractivity (Wildman–Crippen MR) is 69.7 cm³/mol. The number of carbonyl (C=O) groups is 2. The van der Waals surface area contributed by atoms with Crippen molar-refractivity contribution < 1.29 is 18.7 Å². The van der Waals surface area contributed by atoms with Crippen LogP contribution in [0, 0.1) is 11.2 Å². The largest absolute Gasteiger partial charge is 0.496 e. The Balaban J connectivity index is 2.79. The van der Waals surface area contributed by atoms with Crippen LogP contribution in [0.15, 0.2) is 18.2 Å².